The molecule has 0 bridgehead atoms. The van der Waals surface area contributed by atoms with Gasteiger partial charge in [-0.15, -0.1) is 0 Å². The van der Waals surface area contributed by atoms with Crippen molar-refractivity contribution in [3.8, 4) is 0 Å². The zero-order chi connectivity index (χ0) is 10.4. The van der Waals surface area contributed by atoms with E-state index in [4.69, 9.17) is 0 Å². The van der Waals surface area contributed by atoms with Crippen molar-refractivity contribution in [1.29, 1.82) is 0 Å². The van der Waals surface area contributed by atoms with E-state index in [2.05, 4.69) is 10.3 Å². The Morgan fingerprint density at radius 1 is 1.36 bits per heavy atom. The fourth-order valence-corrected chi connectivity index (χ4v) is 0.909. The van der Waals surface area contributed by atoms with Crippen molar-refractivity contribution in [2.75, 3.05) is 6.54 Å². The van der Waals surface area contributed by atoms with Gasteiger partial charge in [0.05, 0.1) is 6.54 Å². The summed E-state index contributed by atoms with van der Waals surface area (Å²) in [5, 5.41) is 2.53. The normalized spacial score (nSPS) is 9.50. The molecule has 0 saturated heterocycles. The molecular formula is C10H12N2O2. The molecule has 0 atom stereocenters. The van der Waals surface area contributed by atoms with Crippen LogP contribution in [0.1, 0.15) is 23.7 Å². The number of rotatable bonds is 4. The first-order chi connectivity index (χ1) is 6.74. The number of nitrogens with one attached hydrogen (secondary N) is 1. The molecule has 0 fully saturated rings. The minimum atomic E-state index is -0.241. The van der Waals surface area contributed by atoms with E-state index in [0.717, 1.165) is 0 Å². The van der Waals surface area contributed by atoms with Crippen molar-refractivity contribution in [3.63, 3.8) is 0 Å². The van der Waals surface area contributed by atoms with Crippen molar-refractivity contribution in [3.05, 3.63) is 30.1 Å². The molecule has 14 heavy (non-hydrogen) atoms. The van der Waals surface area contributed by atoms with Gasteiger partial charge in [0.25, 0.3) is 5.91 Å². The summed E-state index contributed by atoms with van der Waals surface area (Å²) in [5.74, 6) is -0.221. The Morgan fingerprint density at radius 2 is 2.00 bits per heavy atom. The van der Waals surface area contributed by atoms with Gasteiger partial charge in [-0.05, 0) is 12.1 Å². The number of hydrogen-bond acceptors (Lipinski definition) is 3. The van der Waals surface area contributed by atoms with Crippen molar-refractivity contribution in [1.82, 2.24) is 10.3 Å². The predicted octanol–water partition coefficient (Wildman–Crippen LogP) is 0.790. The third kappa shape index (κ3) is 2.97. The maximum atomic E-state index is 11.4. The zero-order valence-corrected chi connectivity index (χ0v) is 7.99. The quantitative estimate of drug-likeness (QED) is 0.767. The second-order valence-electron chi connectivity index (χ2n) is 2.81. The van der Waals surface area contributed by atoms with E-state index >= 15 is 0 Å². The van der Waals surface area contributed by atoms with Crippen LogP contribution in [0.2, 0.25) is 0 Å². The Morgan fingerprint density at radius 3 is 2.57 bits per heavy atom. The summed E-state index contributed by atoms with van der Waals surface area (Å²) in [6, 6.07) is 3.21. The van der Waals surface area contributed by atoms with E-state index in [0.29, 0.717) is 12.0 Å². The molecule has 1 aromatic rings. The molecule has 1 heterocycles. The minimum Gasteiger partial charge on any atom is -0.345 e. The van der Waals surface area contributed by atoms with Crippen LogP contribution in [0, 0.1) is 0 Å². The largest absolute Gasteiger partial charge is 0.345 e. The van der Waals surface area contributed by atoms with Crippen LogP contribution < -0.4 is 5.32 Å². The molecular weight excluding hydrogens is 180 g/mol. The van der Waals surface area contributed by atoms with E-state index in [1.807, 2.05) is 0 Å². The average Bonchev–Trinajstić information content (AvgIpc) is 2.26. The first-order valence-electron chi connectivity index (χ1n) is 4.44. The molecule has 74 valence electrons. The Balaban J connectivity index is 2.48. The van der Waals surface area contributed by atoms with Gasteiger partial charge in [-0.25, -0.2) is 0 Å². The molecule has 0 saturated carbocycles. The number of amides is 1. The smallest absolute Gasteiger partial charge is 0.251 e. The number of ketones is 1. The van der Waals surface area contributed by atoms with Crippen LogP contribution in [0.4, 0.5) is 0 Å². The van der Waals surface area contributed by atoms with Crippen molar-refractivity contribution in [2.45, 2.75) is 13.3 Å². The number of aromatic nitrogens is 1. The summed E-state index contributed by atoms with van der Waals surface area (Å²) in [7, 11) is 0. The lowest BCUT2D eigenvalue weighted by Crippen LogP contribution is -2.29. The van der Waals surface area contributed by atoms with Crippen molar-refractivity contribution >= 4 is 11.7 Å². The molecule has 4 heteroatoms. The molecule has 0 unspecified atom stereocenters. The Bertz CT molecular complexity index is 322. The van der Waals surface area contributed by atoms with E-state index in [9.17, 15) is 9.59 Å². The zero-order valence-electron chi connectivity index (χ0n) is 7.99. The second-order valence-corrected chi connectivity index (χ2v) is 2.81. The van der Waals surface area contributed by atoms with Gasteiger partial charge >= 0.3 is 0 Å². The van der Waals surface area contributed by atoms with Crippen LogP contribution in [0.15, 0.2) is 24.5 Å². The summed E-state index contributed by atoms with van der Waals surface area (Å²) in [5.41, 5.74) is 0.518. The minimum absolute atomic E-state index is 0.0207. The molecule has 0 spiro atoms. The molecule has 0 aliphatic heterocycles. The number of carbonyl (C=O) groups is 2. The van der Waals surface area contributed by atoms with Crippen LogP contribution >= 0.6 is 0 Å². The molecule has 4 nitrogen and oxygen atoms in total. The molecule has 1 N–H and O–H groups in total. The first kappa shape index (κ1) is 10.4. The van der Waals surface area contributed by atoms with E-state index in [-0.39, 0.29) is 18.2 Å². The molecule has 0 aliphatic rings. The van der Waals surface area contributed by atoms with Gasteiger partial charge in [0.1, 0.15) is 0 Å². The van der Waals surface area contributed by atoms with Gasteiger partial charge in [-0.2, -0.15) is 0 Å². The monoisotopic (exact) mass is 192 g/mol. The van der Waals surface area contributed by atoms with Gasteiger partial charge in [-0.3, -0.25) is 14.6 Å². The molecule has 0 radical (unpaired) electrons. The molecule has 1 rings (SSSR count). The molecule has 1 aromatic heterocycles. The summed E-state index contributed by atoms with van der Waals surface area (Å²) in [6.07, 6.45) is 3.52. The number of hydrogen-bond donors (Lipinski definition) is 1. The van der Waals surface area contributed by atoms with Crippen LogP contribution in [0.5, 0.6) is 0 Å². The third-order valence-electron chi connectivity index (χ3n) is 1.78. The van der Waals surface area contributed by atoms with Crippen molar-refractivity contribution < 1.29 is 9.59 Å². The van der Waals surface area contributed by atoms with Crippen LogP contribution in [-0.4, -0.2) is 23.2 Å². The third-order valence-corrected chi connectivity index (χ3v) is 1.78. The first-order valence-corrected chi connectivity index (χ1v) is 4.44. The van der Waals surface area contributed by atoms with Gasteiger partial charge < -0.3 is 5.32 Å². The van der Waals surface area contributed by atoms with Crippen LogP contribution in [0.25, 0.3) is 0 Å². The molecule has 1 amide bonds. The lowest BCUT2D eigenvalue weighted by molar-refractivity contribution is -0.117. The maximum absolute atomic E-state index is 11.4. The highest BCUT2D eigenvalue weighted by Crippen LogP contribution is 1.95. The second kappa shape index (κ2) is 5.11. The number of carbonyl (C=O) groups excluding carboxylic acids is 2. The summed E-state index contributed by atoms with van der Waals surface area (Å²) in [6.45, 7) is 1.86. The maximum Gasteiger partial charge on any atom is 0.251 e. The predicted molar refractivity (Wildman–Crippen MR) is 51.9 cm³/mol. The highest BCUT2D eigenvalue weighted by molar-refractivity contribution is 5.96. The van der Waals surface area contributed by atoms with E-state index in [1.165, 1.54) is 12.4 Å². The van der Waals surface area contributed by atoms with Crippen molar-refractivity contribution in [2.24, 2.45) is 0 Å². The Labute approximate surface area is 82.3 Å². The van der Waals surface area contributed by atoms with Crippen LogP contribution in [0.3, 0.4) is 0 Å². The SMILES string of the molecule is CCC(=O)CNC(=O)c1ccncc1. The standard InChI is InChI=1S/C10H12N2O2/c1-2-9(13)7-12-10(14)8-3-5-11-6-4-8/h3-6H,2,7H2,1H3,(H,12,14). The number of Topliss-reactive ketones (excluding diaryl/α,β-unsaturated/α-hetero) is 1. The average molecular weight is 192 g/mol. The van der Waals surface area contributed by atoms with Gasteiger partial charge in [0.15, 0.2) is 5.78 Å². The van der Waals surface area contributed by atoms with E-state index in [1.54, 1.807) is 19.1 Å². The highest BCUT2D eigenvalue weighted by Gasteiger charge is 2.05. The van der Waals surface area contributed by atoms with Gasteiger partial charge in [0, 0.05) is 24.4 Å². The molecule has 0 aromatic carbocycles. The Hall–Kier alpha value is -1.71. The molecule has 0 aliphatic carbocycles. The highest BCUT2D eigenvalue weighted by atomic mass is 16.2. The summed E-state index contributed by atoms with van der Waals surface area (Å²) in [4.78, 5) is 26.1. The Kier molecular flexibility index (Phi) is 3.79. The lowest BCUT2D eigenvalue weighted by Gasteiger charge is -2.02. The van der Waals surface area contributed by atoms with Crippen LogP contribution in [-0.2, 0) is 4.79 Å². The fraction of sp³-hybridized carbons (Fsp3) is 0.300. The summed E-state index contributed by atoms with van der Waals surface area (Å²) < 4.78 is 0. The van der Waals surface area contributed by atoms with Gasteiger partial charge in [-0.1, -0.05) is 6.92 Å². The number of nitrogens with zero attached hydrogens (tertiary/aromatic N) is 1. The topological polar surface area (TPSA) is 59.1 Å². The van der Waals surface area contributed by atoms with Gasteiger partial charge in [0.2, 0.25) is 0 Å². The summed E-state index contributed by atoms with van der Waals surface area (Å²) >= 11 is 0. The lowest BCUT2D eigenvalue weighted by atomic mass is 10.2. The van der Waals surface area contributed by atoms with E-state index < -0.39 is 0 Å². The number of pyridine rings is 1. The fourth-order valence-electron chi connectivity index (χ4n) is 0.909.